The molecule has 4 aromatic rings. The van der Waals surface area contributed by atoms with Gasteiger partial charge in [-0.3, -0.25) is 4.79 Å². The second-order valence-electron chi connectivity index (χ2n) is 5.11. The first kappa shape index (κ1) is 15.3. The molecule has 0 bridgehead atoms. The van der Waals surface area contributed by atoms with Crippen LogP contribution in [0.3, 0.4) is 0 Å². The van der Waals surface area contributed by atoms with Crippen LogP contribution < -0.4 is 5.32 Å². The number of hydrogen-bond acceptors (Lipinski definition) is 7. The van der Waals surface area contributed by atoms with E-state index < -0.39 is 5.91 Å². The lowest BCUT2D eigenvalue weighted by atomic mass is 10.1. The number of phenols is 1. The van der Waals surface area contributed by atoms with E-state index in [4.69, 9.17) is 4.52 Å². The largest absolute Gasteiger partial charge is 0.508 e. The molecule has 0 aliphatic carbocycles. The summed E-state index contributed by atoms with van der Waals surface area (Å²) in [6.07, 6.45) is 0. The Morgan fingerprint density at radius 3 is 2.92 bits per heavy atom. The molecule has 0 radical (unpaired) electrons. The Morgan fingerprint density at radius 1 is 1.24 bits per heavy atom. The van der Waals surface area contributed by atoms with Crippen LogP contribution in [0.2, 0.25) is 0 Å². The summed E-state index contributed by atoms with van der Waals surface area (Å²) in [7, 11) is 0. The number of carbonyl (C=O) groups excluding carboxylic acids is 1. The second-order valence-corrected chi connectivity index (χ2v) is 6.02. The van der Waals surface area contributed by atoms with E-state index in [1.165, 1.54) is 12.1 Å². The molecule has 1 amide bonds. The maximum atomic E-state index is 12.6. The number of amides is 1. The quantitative estimate of drug-likeness (QED) is 0.481. The predicted octanol–water partition coefficient (Wildman–Crippen LogP) is 2.73. The van der Waals surface area contributed by atoms with E-state index in [1.807, 2.05) is 0 Å². The van der Waals surface area contributed by atoms with Crippen LogP contribution in [-0.4, -0.2) is 36.8 Å². The number of hydrogen-bond donors (Lipinski definition) is 3. The lowest BCUT2D eigenvalue weighted by Gasteiger charge is -2.08. The van der Waals surface area contributed by atoms with Crippen LogP contribution in [0.15, 0.2) is 45.4 Å². The number of rotatable bonds is 3. The van der Waals surface area contributed by atoms with Crippen LogP contribution in [-0.2, 0) is 0 Å². The van der Waals surface area contributed by atoms with E-state index >= 15 is 0 Å². The molecule has 0 spiro atoms. The summed E-state index contributed by atoms with van der Waals surface area (Å²) < 4.78 is 5.90. The smallest absolute Gasteiger partial charge is 0.278 e. The Morgan fingerprint density at radius 2 is 2.12 bits per heavy atom. The summed E-state index contributed by atoms with van der Waals surface area (Å²) in [6, 6.07) is 9.69. The molecule has 0 fully saturated rings. The average molecular weight is 401 g/mol. The van der Waals surface area contributed by atoms with Crippen LogP contribution in [0.5, 0.6) is 5.75 Å². The maximum Gasteiger partial charge on any atom is 0.278 e. The number of nitrogens with one attached hydrogen (secondary N) is 2. The lowest BCUT2D eigenvalue weighted by molar-refractivity contribution is 0.102. The molecule has 3 N–H and O–H groups in total. The van der Waals surface area contributed by atoms with Gasteiger partial charge in [0.15, 0.2) is 17.1 Å². The number of carbonyl (C=O) groups is 1. The first-order valence-corrected chi connectivity index (χ1v) is 7.84. The Bertz CT molecular complexity index is 1080. The van der Waals surface area contributed by atoms with Crippen molar-refractivity contribution in [3.8, 4) is 17.1 Å². The van der Waals surface area contributed by atoms with Gasteiger partial charge in [-0.1, -0.05) is 21.1 Å². The minimum absolute atomic E-state index is 0.0311. The number of aromatic amines is 1. The van der Waals surface area contributed by atoms with Crippen LogP contribution >= 0.6 is 15.9 Å². The molecule has 0 saturated carbocycles. The third-order valence-electron chi connectivity index (χ3n) is 3.50. The fraction of sp³-hybridized carbons (Fsp3) is 0. The minimum Gasteiger partial charge on any atom is -0.508 e. The zero-order chi connectivity index (χ0) is 17.4. The van der Waals surface area contributed by atoms with Gasteiger partial charge in [0.25, 0.3) is 5.91 Å². The van der Waals surface area contributed by atoms with E-state index in [-0.39, 0.29) is 11.4 Å². The molecule has 124 valence electrons. The van der Waals surface area contributed by atoms with Crippen molar-refractivity contribution in [3.05, 3.63) is 46.6 Å². The maximum absolute atomic E-state index is 12.6. The fourth-order valence-electron chi connectivity index (χ4n) is 2.37. The second kappa shape index (κ2) is 5.98. The number of aromatic hydroxyl groups is 1. The van der Waals surface area contributed by atoms with Gasteiger partial charge >= 0.3 is 0 Å². The highest BCUT2D eigenvalue weighted by molar-refractivity contribution is 9.10. The van der Waals surface area contributed by atoms with Gasteiger partial charge in [0.1, 0.15) is 5.75 Å². The van der Waals surface area contributed by atoms with Crippen LogP contribution in [0.1, 0.15) is 10.5 Å². The number of H-pyrrole nitrogens is 1. The van der Waals surface area contributed by atoms with Gasteiger partial charge in [-0.25, -0.2) is 5.10 Å². The van der Waals surface area contributed by atoms with Crippen molar-refractivity contribution in [2.75, 3.05) is 5.32 Å². The molecule has 0 saturated heterocycles. The summed E-state index contributed by atoms with van der Waals surface area (Å²) in [6.45, 7) is 0. The Hall–Kier alpha value is -3.27. The number of anilines is 1. The van der Waals surface area contributed by atoms with Crippen molar-refractivity contribution in [1.82, 2.24) is 25.8 Å². The normalized spacial score (nSPS) is 10.9. The van der Waals surface area contributed by atoms with Crippen molar-refractivity contribution in [3.63, 3.8) is 0 Å². The number of phenolic OH excluding ortho intramolecular Hbond substituents is 1. The molecule has 2 aromatic heterocycles. The molecule has 10 heteroatoms. The first-order valence-electron chi connectivity index (χ1n) is 7.05. The number of nitrogens with zero attached hydrogens (tertiary/aromatic N) is 4. The zero-order valence-electron chi connectivity index (χ0n) is 12.4. The van der Waals surface area contributed by atoms with Crippen LogP contribution in [0.25, 0.3) is 22.4 Å². The van der Waals surface area contributed by atoms with Gasteiger partial charge in [0.05, 0.1) is 11.1 Å². The molecule has 4 rings (SSSR count). The predicted molar refractivity (Wildman–Crippen MR) is 90.9 cm³/mol. The Kier molecular flexibility index (Phi) is 3.65. The summed E-state index contributed by atoms with van der Waals surface area (Å²) >= 11 is 3.38. The molecule has 0 atom stereocenters. The topological polar surface area (TPSA) is 130 Å². The number of tetrazole rings is 1. The van der Waals surface area contributed by atoms with E-state index in [0.29, 0.717) is 28.0 Å². The average Bonchev–Trinajstić information content (AvgIpc) is 3.25. The Balaban J connectivity index is 1.71. The third-order valence-corrected chi connectivity index (χ3v) is 3.99. The van der Waals surface area contributed by atoms with Gasteiger partial charge in [0, 0.05) is 16.1 Å². The molecule has 0 aliphatic heterocycles. The van der Waals surface area contributed by atoms with Gasteiger partial charge < -0.3 is 14.9 Å². The highest BCUT2D eigenvalue weighted by atomic mass is 79.9. The van der Waals surface area contributed by atoms with E-state index in [0.717, 1.165) is 4.47 Å². The van der Waals surface area contributed by atoms with Gasteiger partial charge in [-0.05, 0) is 40.8 Å². The third kappa shape index (κ3) is 2.83. The Labute approximate surface area is 148 Å². The minimum atomic E-state index is -0.458. The zero-order valence-corrected chi connectivity index (χ0v) is 14.0. The summed E-state index contributed by atoms with van der Waals surface area (Å²) in [5.74, 6) is -0.0179. The standard InChI is InChI=1S/C15H9BrN6O3/c16-7-1-4-11(10(5-7)14-18-21-22-19-14)17-15(24)13-9-3-2-8(23)6-12(9)25-20-13/h1-6,23H,(H,17,24)(H,18,19,21,22). The first-order chi connectivity index (χ1) is 12.1. The van der Waals surface area contributed by atoms with Gasteiger partial charge in [0.2, 0.25) is 0 Å². The van der Waals surface area contributed by atoms with Gasteiger partial charge in [-0.2, -0.15) is 0 Å². The van der Waals surface area contributed by atoms with E-state index in [9.17, 15) is 9.90 Å². The van der Waals surface area contributed by atoms with E-state index in [1.54, 1.807) is 24.3 Å². The molecule has 2 aromatic carbocycles. The molecular weight excluding hydrogens is 392 g/mol. The molecular formula is C15H9BrN6O3. The molecule has 0 aliphatic rings. The van der Waals surface area contributed by atoms with Gasteiger partial charge in [-0.15, -0.1) is 5.10 Å². The van der Waals surface area contributed by atoms with Crippen molar-refractivity contribution >= 4 is 38.5 Å². The monoisotopic (exact) mass is 400 g/mol. The summed E-state index contributed by atoms with van der Waals surface area (Å²) in [4.78, 5) is 12.6. The van der Waals surface area contributed by atoms with Crippen molar-refractivity contribution in [2.24, 2.45) is 0 Å². The highest BCUT2D eigenvalue weighted by Crippen LogP contribution is 2.29. The SMILES string of the molecule is O=C(Nc1ccc(Br)cc1-c1nnn[nH]1)c1noc2cc(O)ccc12. The lowest BCUT2D eigenvalue weighted by Crippen LogP contribution is -2.13. The van der Waals surface area contributed by atoms with Crippen molar-refractivity contribution in [2.45, 2.75) is 0 Å². The van der Waals surface area contributed by atoms with Crippen LogP contribution in [0, 0.1) is 0 Å². The molecule has 0 unspecified atom stereocenters. The fourth-order valence-corrected chi connectivity index (χ4v) is 2.73. The van der Waals surface area contributed by atoms with Crippen molar-refractivity contribution in [1.29, 1.82) is 0 Å². The van der Waals surface area contributed by atoms with E-state index in [2.05, 4.69) is 47.0 Å². The van der Waals surface area contributed by atoms with Crippen LogP contribution in [0.4, 0.5) is 5.69 Å². The number of fused-ring (bicyclic) bond motifs is 1. The van der Waals surface area contributed by atoms with Crippen molar-refractivity contribution < 1.29 is 14.4 Å². The number of benzene rings is 2. The highest BCUT2D eigenvalue weighted by Gasteiger charge is 2.19. The molecule has 2 heterocycles. The summed E-state index contributed by atoms with van der Waals surface area (Å²) in [5, 5.41) is 30.1. The number of halogens is 1. The molecule has 9 nitrogen and oxygen atoms in total. The number of aromatic nitrogens is 5. The molecule has 25 heavy (non-hydrogen) atoms. The summed E-state index contributed by atoms with van der Waals surface area (Å²) in [5.41, 5.74) is 1.54.